The highest BCUT2D eigenvalue weighted by Gasteiger charge is 2.36. The van der Waals surface area contributed by atoms with Gasteiger partial charge in [-0.05, 0) is 60.6 Å². The Morgan fingerprint density at radius 1 is 0.900 bits per heavy atom. The minimum absolute atomic E-state index is 0.185. The van der Waals surface area contributed by atoms with Crippen LogP contribution in [0.1, 0.15) is 58.4 Å². The van der Waals surface area contributed by atoms with E-state index in [0.717, 1.165) is 60.8 Å². The van der Waals surface area contributed by atoms with E-state index in [1.54, 1.807) is 12.1 Å². The van der Waals surface area contributed by atoms with Crippen molar-refractivity contribution in [3.63, 3.8) is 0 Å². The molecule has 5 rings (SSSR count). The SMILES string of the molecule is NC(=O)c1ccc(-c2ccc3c(c2)CCN(C2CCN(C4CCCC4)C2)C3=O)cc1. The third kappa shape index (κ3) is 3.52. The zero-order valence-corrected chi connectivity index (χ0v) is 17.3. The first-order chi connectivity index (χ1) is 14.6. The van der Waals surface area contributed by atoms with Crippen molar-refractivity contribution < 1.29 is 9.59 Å². The molecule has 2 fully saturated rings. The Morgan fingerprint density at radius 2 is 1.63 bits per heavy atom. The highest BCUT2D eigenvalue weighted by atomic mass is 16.2. The molecule has 3 aliphatic rings. The average Bonchev–Trinajstić information content (AvgIpc) is 3.46. The molecule has 0 spiro atoms. The van der Waals surface area contributed by atoms with Gasteiger partial charge in [0.25, 0.3) is 5.91 Å². The van der Waals surface area contributed by atoms with Crippen LogP contribution in [0.2, 0.25) is 0 Å². The molecule has 2 N–H and O–H groups in total. The first-order valence-electron chi connectivity index (χ1n) is 11.2. The van der Waals surface area contributed by atoms with Gasteiger partial charge in [0.05, 0.1) is 0 Å². The van der Waals surface area contributed by atoms with Crippen molar-refractivity contribution in [2.75, 3.05) is 19.6 Å². The molecular weight excluding hydrogens is 374 g/mol. The van der Waals surface area contributed by atoms with Gasteiger partial charge in [0.2, 0.25) is 5.91 Å². The zero-order valence-electron chi connectivity index (χ0n) is 17.3. The van der Waals surface area contributed by atoms with Crippen molar-refractivity contribution in [1.82, 2.24) is 9.80 Å². The molecule has 5 nitrogen and oxygen atoms in total. The molecule has 0 aromatic heterocycles. The summed E-state index contributed by atoms with van der Waals surface area (Å²) in [5.74, 6) is -0.235. The molecule has 1 aliphatic carbocycles. The van der Waals surface area contributed by atoms with Gasteiger partial charge in [-0.3, -0.25) is 14.5 Å². The lowest BCUT2D eigenvalue weighted by molar-refractivity contribution is 0.0658. The summed E-state index contributed by atoms with van der Waals surface area (Å²) in [6, 6.07) is 14.5. The number of primary amides is 1. The summed E-state index contributed by atoms with van der Waals surface area (Å²) >= 11 is 0. The minimum atomic E-state index is -0.420. The Morgan fingerprint density at radius 3 is 2.37 bits per heavy atom. The van der Waals surface area contributed by atoms with Crippen LogP contribution in [-0.2, 0) is 6.42 Å². The summed E-state index contributed by atoms with van der Waals surface area (Å²) < 4.78 is 0. The number of nitrogens with zero attached hydrogens (tertiary/aromatic N) is 2. The molecule has 156 valence electrons. The Labute approximate surface area is 177 Å². The fraction of sp³-hybridized carbons (Fsp3) is 0.440. The molecule has 0 radical (unpaired) electrons. The summed E-state index contributed by atoms with van der Waals surface area (Å²) in [7, 11) is 0. The number of fused-ring (bicyclic) bond motifs is 1. The van der Waals surface area contributed by atoms with Gasteiger partial charge in [0.15, 0.2) is 0 Å². The number of hydrogen-bond donors (Lipinski definition) is 1. The number of nitrogens with two attached hydrogens (primary N) is 1. The summed E-state index contributed by atoms with van der Waals surface area (Å²) in [6.07, 6.45) is 7.36. The van der Waals surface area contributed by atoms with E-state index in [4.69, 9.17) is 5.73 Å². The fourth-order valence-electron chi connectivity index (χ4n) is 5.48. The molecule has 1 unspecified atom stereocenters. The monoisotopic (exact) mass is 403 g/mol. The first-order valence-corrected chi connectivity index (χ1v) is 11.2. The van der Waals surface area contributed by atoms with E-state index in [1.165, 1.54) is 25.7 Å². The van der Waals surface area contributed by atoms with Crippen LogP contribution in [0.25, 0.3) is 11.1 Å². The predicted octanol–water partition coefficient (Wildman–Crippen LogP) is 3.47. The van der Waals surface area contributed by atoms with Crippen molar-refractivity contribution in [1.29, 1.82) is 0 Å². The summed E-state index contributed by atoms with van der Waals surface area (Å²) in [4.78, 5) is 29.3. The van der Waals surface area contributed by atoms with E-state index in [-0.39, 0.29) is 5.91 Å². The van der Waals surface area contributed by atoms with Gasteiger partial charge >= 0.3 is 0 Å². The van der Waals surface area contributed by atoms with Gasteiger partial charge < -0.3 is 10.6 Å². The second-order valence-corrected chi connectivity index (χ2v) is 8.94. The Kier molecular flexibility index (Phi) is 5.07. The lowest BCUT2D eigenvalue weighted by atomic mass is 9.93. The van der Waals surface area contributed by atoms with Crippen molar-refractivity contribution in [3.05, 3.63) is 59.2 Å². The van der Waals surface area contributed by atoms with E-state index >= 15 is 0 Å². The van der Waals surface area contributed by atoms with E-state index in [1.807, 2.05) is 24.3 Å². The molecule has 2 amide bonds. The first kappa shape index (κ1) is 19.3. The molecule has 5 heteroatoms. The number of rotatable bonds is 4. The maximum atomic E-state index is 13.3. The Bertz CT molecular complexity index is 963. The lowest BCUT2D eigenvalue weighted by Crippen LogP contribution is -2.46. The second-order valence-electron chi connectivity index (χ2n) is 8.94. The van der Waals surface area contributed by atoms with Crippen molar-refractivity contribution in [2.45, 2.75) is 50.6 Å². The highest BCUT2D eigenvalue weighted by Crippen LogP contribution is 2.31. The van der Waals surface area contributed by atoms with Crippen LogP contribution in [0.15, 0.2) is 42.5 Å². The third-order valence-electron chi connectivity index (χ3n) is 7.20. The third-order valence-corrected chi connectivity index (χ3v) is 7.20. The number of benzene rings is 2. The largest absolute Gasteiger partial charge is 0.366 e. The van der Waals surface area contributed by atoms with Gasteiger partial charge in [-0.1, -0.05) is 37.1 Å². The fourth-order valence-corrected chi connectivity index (χ4v) is 5.48. The molecule has 2 aromatic carbocycles. The molecule has 1 atom stereocenters. The molecule has 0 bridgehead atoms. The molecule has 1 saturated carbocycles. The molecule has 2 aliphatic heterocycles. The zero-order chi connectivity index (χ0) is 20.7. The van der Waals surface area contributed by atoms with E-state index in [2.05, 4.69) is 15.9 Å². The highest BCUT2D eigenvalue weighted by molar-refractivity contribution is 5.98. The predicted molar refractivity (Wildman–Crippen MR) is 117 cm³/mol. The number of likely N-dealkylation sites (tertiary alicyclic amines) is 1. The summed E-state index contributed by atoms with van der Waals surface area (Å²) in [5.41, 5.74) is 9.90. The molecule has 2 aromatic rings. The Hall–Kier alpha value is -2.66. The number of carbonyl (C=O) groups is 2. The topological polar surface area (TPSA) is 66.6 Å². The van der Waals surface area contributed by atoms with Gasteiger partial charge in [-0.2, -0.15) is 0 Å². The van der Waals surface area contributed by atoms with Crippen LogP contribution in [0.4, 0.5) is 0 Å². The van der Waals surface area contributed by atoms with Crippen molar-refractivity contribution in [2.24, 2.45) is 5.73 Å². The lowest BCUT2D eigenvalue weighted by Gasteiger charge is -2.34. The molecular formula is C25H29N3O2. The van der Waals surface area contributed by atoms with Crippen LogP contribution < -0.4 is 5.73 Å². The smallest absolute Gasteiger partial charge is 0.254 e. The normalized spacial score (nSPS) is 22.5. The minimum Gasteiger partial charge on any atom is -0.366 e. The van der Waals surface area contributed by atoms with Gasteiger partial charge in [-0.15, -0.1) is 0 Å². The van der Waals surface area contributed by atoms with Crippen LogP contribution in [0.3, 0.4) is 0 Å². The second kappa shape index (κ2) is 7.88. The van der Waals surface area contributed by atoms with E-state index in [9.17, 15) is 9.59 Å². The van der Waals surface area contributed by atoms with E-state index in [0.29, 0.717) is 11.6 Å². The number of amides is 2. The standard InChI is InChI=1S/C25H29N3O2/c26-24(29)18-7-5-17(6-8-18)19-9-10-23-20(15-19)11-14-28(25(23)30)22-12-13-27(16-22)21-3-1-2-4-21/h5-10,15,21-22H,1-4,11-14,16H2,(H2,26,29). The average molecular weight is 404 g/mol. The van der Waals surface area contributed by atoms with E-state index < -0.39 is 5.91 Å². The van der Waals surface area contributed by atoms with Gasteiger partial charge in [-0.25, -0.2) is 0 Å². The summed E-state index contributed by atoms with van der Waals surface area (Å²) in [6.45, 7) is 2.97. The molecule has 2 heterocycles. The van der Waals surface area contributed by atoms with Crippen LogP contribution >= 0.6 is 0 Å². The Balaban J connectivity index is 1.31. The maximum absolute atomic E-state index is 13.3. The quantitative estimate of drug-likeness (QED) is 0.850. The van der Waals surface area contributed by atoms with Crippen molar-refractivity contribution >= 4 is 11.8 Å². The van der Waals surface area contributed by atoms with Crippen LogP contribution in [0, 0.1) is 0 Å². The van der Waals surface area contributed by atoms with Gasteiger partial charge in [0.1, 0.15) is 0 Å². The number of hydrogen-bond acceptors (Lipinski definition) is 3. The van der Waals surface area contributed by atoms with Gasteiger partial charge in [0, 0.05) is 42.8 Å². The molecule has 1 saturated heterocycles. The van der Waals surface area contributed by atoms with Crippen molar-refractivity contribution in [3.8, 4) is 11.1 Å². The number of carbonyl (C=O) groups excluding carboxylic acids is 2. The maximum Gasteiger partial charge on any atom is 0.254 e. The molecule has 30 heavy (non-hydrogen) atoms. The van der Waals surface area contributed by atoms with Crippen LogP contribution in [-0.4, -0.2) is 53.3 Å². The summed E-state index contributed by atoms with van der Waals surface area (Å²) in [5, 5.41) is 0. The van der Waals surface area contributed by atoms with Crippen LogP contribution in [0.5, 0.6) is 0 Å².